The van der Waals surface area contributed by atoms with Crippen molar-refractivity contribution in [2.75, 3.05) is 6.61 Å². The minimum atomic E-state index is -0.351. The molecule has 2 aromatic rings. The van der Waals surface area contributed by atoms with Crippen molar-refractivity contribution in [3.05, 3.63) is 40.8 Å². The Kier molecular flexibility index (Phi) is 4.40. The molecule has 27 heavy (non-hydrogen) atoms. The zero-order chi connectivity index (χ0) is 19.2. The van der Waals surface area contributed by atoms with Crippen molar-refractivity contribution in [1.82, 2.24) is 0 Å². The van der Waals surface area contributed by atoms with Crippen LogP contribution < -0.4 is 10.4 Å². The predicted molar refractivity (Wildman–Crippen MR) is 105 cm³/mol. The van der Waals surface area contributed by atoms with Gasteiger partial charge in [-0.15, -0.1) is 0 Å². The van der Waals surface area contributed by atoms with Crippen LogP contribution in [0, 0.1) is 22.7 Å². The van der Waals surface area contributed by atoms with E-state index in [4.69, 9.17) is 9.15 Å². The van der Waals surface area contributed by atoms with Gasteiger partial charge in [0.2, 0.25) is 0 Å². The Morgan fingerprint density at radius 1 is 1.15 bits per heavy atom. The second kappa shape index (κ2) is 6.50. The summed E-state index contributed by atoms with van der Waals surface area (Å²) in [4.78, 5) is 23.8. The van der Waals surface area contributed by atoms with Crippen LogP contribution in [-0.4, -0.2) is 12.4 Å². The third-order valence-corrected chi connectivity index (χ3v) is 7.42. The lowest BCUT2D eigenvalue weighted by molar-refractivity contribution is -0.144. The van der Waals surface area contributed by atoms with Crippen LogP contribution in [0.15, 0.2) is 39.5 Å². The number of Topliss-reactive ketones (excluding diaryl/α,β-unsaturated/α-hetero) is 1. The highest BCUT2D eigenvalue weighted by Crippen LogP contribution is 2.59. The highest BCUT2D eigenvalue weighted by atomic mass is 16.5. The van der Waals surface area contributed by atoms with Crippen LogP contribution in [0.3, 0.4) is 0 Å². The molecule has 1 aromatic heterocycles. The van der Waals surface area contributed by atoms with E-state index in [1.807, 2.05) is 12.1 Å². The minimum absolute atomic E-state index is 0.0500. The number of ether oxygens (including phenoxy) is 1. The van der Waals surface area contributed by atoms with Crippen molar-refractivity contribution in [1.29, 1.82) is 0 Å². The topological polar surface area (TPSA) is 56.5 Å². The van der Waals surface area contributed by atoms with Crippen molar-refractivity contribution in [2.24, 2.45) is 22.7 Å². The first-order valence-corrected chi connectivity index (χ1v) is 10.0. The van der Waals surface area contributed by atoms with Crippen LogP contribution in [0.5, 0.6) is 5.75 Å². The summed E-state index contributed by atoms with van der Waals surface area (Å²) in [6, 6.07) is 8.84. The number of carbonyl (C=O) groups excluding carboxylic acids is 1. The van der Waals surface area contributed by atoms with E-state index in [9.17, 15) is 9.59 Å². The van der Waals surface area contributed by atoms with E-state index in [1.165, 1.54) is 6.07 Å². The summed E-state index contributed by atoms with van der Waals surface area (Å²) in [6.07, 6.45) is 5.04. The van der Waals surface area contributed by atoms with E-state index in [-0.39, 0.29) is 22.4 Å². The van der Waals surface area contributed by atoms with Crippen molar-refractivity contribution in [3.63, 3.8) is 0 Å². The molecule has 0 unspecified atom stereocenters. The first-order chi connectivity index (χ1) is 12.8. The largest absolute Gasteiger partial charge is 0.493 e. The number of benzene rings is 1. The van der Waals surface area contributed by atoms with Crippen LogP contribution in [0.1, 0.15) is 52.9 Å². The standard InChI is InChI=1S/C23H28O4/c1-15-18(24)8-9-20-22(2,11-4-12-23(15,20)3)14-26-17-7-5-16-6-10-21(25)27-19(16)13-17/h5-7,10,13,15,20H,4,8-9,11-12,14H2,1-3H3/t15-,20-,22-,23+/m1/s1. The van der Waals surface area contributed by atoms with Gasteiger partial charge in [-0.05, 0) is 48.8 Å². The molecule has 0 bridgehead atoms. The Hall–Kier alpha value is -2.10. The van der Waals surface area contributed by atoms with Crippen molar-refractivity contribution in [3.8, 4) is 5.75 Å². The lowest BCUT2D eigenvalue weighted by atomic mass is 9.48. The van der Waals surface area contributed by atoms with Gasteiger partial charge in [-0.3, -0.25) is 4.79 Å². The average Bonchev–Trinajstić information content (AvgIpc) is 2.64. The van der Waals surface area contributed by atoms with Gasteiger partial charge in [0, 0.05) is 35.3 Å². The van der Waals surface area contributed by atoms with Crippen molar-refractivity contribution < 1.29 is 13.9 Å². The Labute approximate surface area is 159 Å². The molecule has 144 valence electrons. The number of ketones is 1. The predicted octanol–water partition coefficient (Wildman–Crippen LogP) is 4.98. The number of fused-ring (bicyclic) bond motifs is 2. The van der Waals surface area contributed by atoms with Gasteiger partial charge in [0.05, 0.1) is 6.61 Å². The van der Waals surface area contributed by atoms with Gasteiger partial charge in [-0.1, -0.05) is 27.2 Å². The fourth-order valence-corrected chi connectivity index (χ4v) is 5.64. The number of rotatable bonds is 3. The first-order valence-electron chi connectivity index (χ1n) is 10.0. The summed E-state index contributed by atoms with van der Waals surface area (Å²) < 4.78 is 11.5. The van der Waals surface area contributed by atoms with Gasteiger partial charge in [0.15, 0.2) is 0 Å². The van der Waals surface area contributed by atoms with Crippen LogP contribution in [0.4, 0.5) is 0 Å². The molecule has 2 aliphatic rings. The molecule has 0 spiro atoms. The fourth-order valence-electron chi connectivity index (χ4n) is 5.64. The normalized spacial score (nSPS) is 33.7. The summed E-state index contributed by atoms with van der Waals surface area (Å²) >= 11 is 0. The van der Waals surface area contributed by atoms with E-state index in [1.54, 1.807) is 12.1 Å². The molecule has 4 heteroatoms. The van der Waals surface area contributed by atoms with Crippen molar-refractivity contribution >= 4 is 16.8 Å². The van der Waals surface area contributed by atoms with Gasteiger partial charge < -0.3 is 9.15 Å². The maximum Gasteiger partial charge on any atom is 0.336 e. The van der Waals surface area contributed by atoms with Crippen LogP contribution >= 0.6 is 0 Å². The molecular weight excluding hydrogens is 340 g/mol. The smallest absolute Gasteiger partial charge is 0.336 e. The van der Waals surface area contributed by atoms with Gasteiger partial charge >= 0.3 is 5.63 Å². The SMILES string of the molecule is C[C@@H]1C(=O)CC[C@@H]2[C@@](C)(COc3ccc4ccc(=O)oc4c3)CCC[C@@]12C. The van der Waals surface area contributed by atoms with E-state index in [0.29, 0.717) is 30.3 Å². The molecule has 4 rings (SSSR count). The molecule has 0 amide bonds. The molecule has 0 radical (unpaired) electrons. The number of hydrogen-bond acceptors (Lipinski definition) is 4. The summed E-state index contributed by atoms with van der Waals surface area (Å²) in [7, 11) is 0. The van der Waals surface area contributed by atoms with E-state index >= 15 is 0 Å². The third kappa shape index (κ3) is 3.09. The zero-order valence-corrected chi connectivity index (χ0v) is 16.4. The Bertz CT molecular complexity index is 929. The van der Waals surface area contributed by atoms with Gasteiger partial charge in [-0.25, -0.2) is 4.79 Å². The molecule has 2 fully saturated rings. The van der Waals surface area contributed by atoms with Crippen LogP contribution in [-0.2, 0) is 4.79 Å². The molecule has 2 saturated carbocycles. The molecular formula is C23H28O4. The molecule has 0 saturated heterocycles. The Morgan fingerprint density at radius 2 is 1.93 bits per heavy atom. The molecule has 1 heterocycles. The van der Waals surface area contributed by atoms with E-state index in [2.05, 4.69) is 20.8 Å². The lowest BCUT2D eigenvalue weighted by Gasteiger charge is -2.56. The third-order valence-electron chi connectivity index (χ3n) is 7.42. The molecule has 2 aliphatic carbocycles. The number of carbonyl (C=O) groups is 1. The monoisotopic (exact) mass is 368 g/mol. The lowest BCUT2D eigenvalue weighted by Crippen LogP contribution is -2.53. The Morgan fingerprint density at radius 3 is 2.74 bits per heavy atom. The maximum atomic E-state index is 12.3. The summed E-state index contributed by atoms with van der Waals surface area (Å²) in [5.41, 5.74) is 0.321. The number of hydrogen-bond donors (Lipinski definition) is 0. The Balaban J connectivity index is 1.56. The van der Waals surface area contributed by atoms with E-state index in [0.717, 1.165) is 36.8 Å². The summed E-state index contributed by atoms with van der Waals surface area (Å²) in [6.45, 7) is 7.36. The molecule has 0 N–H and O–H groups in total. The summed E-state index contributed by atoms with van der Waals surface area (Å²) in [5, 5.41) is 0.887. The van der Waals surface area contributed by atoms with Crippen LogP contribution in [0.25, 0.3) is 11.0 Å². The first kappa shape index (κ1) is 18.3. The molecule has 4 nitrogen and oxygen atoms in total. The maximum absolute atomic E-state index is 12.3. The van der Waals surface area contributed by atoms with Crippen molar-refractivity contribution in [2.45, 2.75) is 52.9 Å². The van der Waals surface area contributed by atoms with Gasteiger partial charge in [-0.2, -0.15) is 0 Å². The fraction of sp³-hybridized carbons (Fsp3) is 0.565. The van der Waals surface area contributed by atoms with Gasteiger partial charge in [0.25, 0.3) is 0 Å². The minimum Gasteiger partial charge on any atom is -0.493 e. The van der Waals surface area contributed by atoms with Crippen LogP contribution in [0.2, 0.25) is 0 Å². The summed E-state index contributed by atoms with van der Waals surface area (Å²) in [5.74, 6) is 1.77. The molecule has 0 aliphatic heterocycles. The van der Waals surface area contributed by atoms with Gasteiger partial charge in [0.1, 0.15) is 17.1 Å². The highest BCUT2D eigenvalue weighted by molar-refractivity contribution is 5.82. The second-order valence-electron chi connectivity index (χ2n) is 9.04. The van der Waals surface area contributed by atoms with E-state index < -0.39 is 0 Å². The second-order valence-corrected chi connectivity index (χ2v) is 9.04. The highest BCUT2D eigenvalue weighted by Gasteiger charge is 2.54. The molecule has 4 atom stereocenters. The molecule has 1 aromatic carbocycles. The quantitative estimate of drug-likeness (QED) is 0.717. The average molecular weight is 368 g/mol. The zero-order valence-electron chi connectivity index (χ0n) is 16.4.